The lowest BCUT2D eigenvalue weighted by Crippen LogP contribution is -2.53. The van der Waals surface area contributed by atoms with Crippen molar-refractivity contribution in [2.75, 3.05) is 46.1 Å². The average Bonchev–Trinajstić information content (AvgIpc) is 3.32. The Morgan fingerprint density at radius 2 is 1.77 bits per heavy atom. The van der Waals surface area contributed by atoms with Crippen molar-refractivity contribution in [2.45, 2.75) is 19.4 Å². The average molecular weight is 432 g/mol. The van der Waals surface area contributed by atoms with Crippen LogP contribution in [0.1, 0.15) is 19.4 Å². The number of fused-ring (bicyclic) bond motifs is 1. The molecule has 0 spiro atoms. The summed E-state index contributed by atoms with van der Waals surface area (Å²) in [5, 5.41) is 2.68. The summed E-state index contributed by atoms with van der Waals surface area (Å²) in [7, 11) is 0. The van der Waals surface area contributed by atoms with Gasteiger partial charge < -0.3 is 29.3 Å². The number of urea groups is 1. The van der Waals surface area contributed by atoms with E-state index in [1.54, 1.807) is 32.0 Å². The Kier molecular flexibility index (Phi) is 5.34. The molecular formula is C20H24N4O7. The van der Waals surface area contributed by atoms with E-state index in [2.05, 4.69) is 5.32 Å². The second-order valence-electron chi connectivity index (χ2n) is 7.58. The third-order valence-corrected chi connectivity index (χ3v) is 5.68. The van der Waals surface area contributed by atoms with E-state index >= 15 is 0 Å². The normalized spacial score (nSPS) is 22.6. The lowest BCUT2D eigenvalue weighted by Gasteiger charge is -2.34. The second-order valence-corrected chi connectivity index (χ2v) is 7.58. The van der Waals surface area contributed by atoms with Crippen molar-refractivity contribution >= 4 is 23.9 Å². The number of hydrogen-bond acceptors (Lipinski definition) is 7. The van der Waals surface area contributed by atoms with Crippen LogP contribution in [0, 0.1) is 0 Å². The lowest BCUT2D eigenvalue weighted by atomic mass is 9.91. The summed E-state index contributed by atoms with van der Waals surface area (Å²) < 4.78 is 15.6. The van der Waals surface area contributed by atoms with Crippen LogP contribution in [0.3, 0.4) is 0 Å². The highest BCUT2D eigenvalue weighted by Gasteiger charge is 2.50. The predicted molar refractivity (Wildman–Crippen MR) is 105 cm³/mol. The molecule has 3 aliphatic rings. The molecule has 0 saturated carbocycles. The number of amides is 5. The molecule has 0 bridgehead atoms. The zero-order chi connectivity index (χ0) is 22.2. The zero-order valence-electron chi connectivity index (χ0n) is 17.4. The first-order valence-corrected chi connectivity index (χ1v) is 10.1. The first-order chi connectivity index (χ1) is 14.8. The van der Waals surface area contributed by atoms with Gasteiger partial charge in [0.05, 0.1) is 6.61 Å². The van der Waals surface area contributed by atoms with Gasteiger partial charge >= 0.3 is 12.1 Å². The van der Waals surface area contributed by atoms with E-state index in [1.807, 2.05) is 0 Å². The minimum absolute atomic E-state index is 0.0971. The Labute approximate surface area is 178 Å². The molecule has 1 unspecified atom stereocenters. The molecule has 11 heteroatoms. The summed E-state index contributed by atoms with van der Waals surface area (Å²) >= 11 is 0. The van der Waals surface area contributed by atoms with Gasteiger partial charge in [0.25, 0.3) is 5.91 Å². The lowest BCUT2D eigenvalue weighted by molar-refractivity contribution is -0.139. The molecule has 2 fully saturated rings. The zero-order valence-corrected chi connectivity index (χ0v) is 17.4. The fourth-order valence-corrected chi connectivity index (χ4v) is 3.83. The van der Waals surface area contributed by atoms with Crippen molar-refractivity contribution in [1.29, 1.82) is 0 Å². The number of hydrogen-bond donors (Lipinski definition) is 1. The van der Waals surface area contributed by atoms with Crippen molar-refractivity contribution in [1.82, 2.24) is 20.0 Å². The van der Waals surface area contributed by atoms with Crippen molar-refractivity contribution in [3.05, 3.63) is 23.8 Å². The third kappa shape index (κ3) is 3.71. The molecule has 0 aromatic heterocycles. The number of piperazine rings is 1. The minimum atomic E-state index is -1.32. The number of carbonyl (C=O) groups excluding carboxylic acids is 4. The quantitative estimate of drug-likeness (QED) is 0.688. The van der Waals surface area contributed by atoms with Crippen molar-refractivity contribution in [3.63, 3.8) is 0 Å². The van der Waals surface area contributed by atoms with E-state index < -0.39 is 23.6 Å². The van der Waals surface area contributed by atoms with Gasteiger partial charge in [-0.05, 0) is 31.5 Å². The molecule has 31 heavy (non-hydrogen) atoms. The van der Waals surface area contributed by atoms with Gasteiger partial charge in [-0.15, -0.1) is 0 Å². The molecule has 0 radical (unpaired) electrons. The maximum atomic E-state index is 13.1. The number of ether oxygens (including phenoxy) is 3. The van der Waals surface area contributed by atoms with E-state index in [0.29, 0.717) is 43.2 Å². The fraction of sp³-hybridized carbons (Fsp3) is 0.500. The second kappa shape index (κ2) is 7.97. The first-order valence-electron chi connectivity index (χ1n) is 10.1. The smallest absolute Gasteiger partial charge is 0.409 e. The van der Waals surface area contributed by atoms with Crippen LogP contribution in [-0.2, 0) is 19.9 Å². The van der Waals surface area contributed by atoms with Crippen molar-refractivity contribution < 1.29 is 33.4 Å². The summed E-state index contributed by atoms with van der Waals surface area (Å²) in [5.74, 6) is 0.185. The Morgan fingerprint density at radius 1 is 1.10 bits per heavy atom. The SMILES string of the molecule is CCOC(=O)N1CCN(C(=O)CN2C(=O)NC(C)(c3ccc4c(c3)OCO4)C2=O)CC1. The summed E-state index contributed by atoms with van der Waals surface area (Å²) in [4.78, 5) is 54.1. The minimum Gasteiger partial charge on any atom is -0.454 e. The Balaban J connectivity index is 1.40. The van der Waals surface area contributed by atoms with E-state index in [1.165, 1.54) is 9.80 Å². The van der Waals surface area contributed by atoms with Gasteiger partial charge in [-0.2, -0.15) is 0 Å². The number of nitrogens with one attached hydrogen (secondary N) is 1. The first kappa shape index (κ1) is 20.8. The molecule has 3 aliphatic heterocycles. The molecule has 1 aromatic rings. The topological polar surface area (TPSA) is 118 Å². The molecule has 1 atom stereocenters. The highest BCUT2D eigenvalue weighted by atomic mass is 16.7. The summed E-state index contributed by atoms with van der Waals surface area (Å²) in [5.41, 5.74) is -0.783. The predicted octanol–water partition coefficient (Wildman–Crippen LogP) is 0.483. The number of imide groups is 1. The molecule has 1 aromatic carbocycles. The van der Waals surface area contributed by atoms with Crippen LogP contribution in [0.2, 0.25) is 0 Å². The van der Waals surface area contributed by atoms with Crippen molar-refractivity contribution in [3.8, 4) is 11.5 Å². The molecular weight excluding hydrogens is 408 g/mol. The van der Waals surface area contributed by atoms with Gasteiger partial charge in [0.15, 0.2) is 11.5 Å². The van der Waals surface area contributed by atoms with Gasteiger partial charge in [-0.3, -0.25) is 14.5 Å². The number of carbonyl (C=O) groups is 4. The van der Waals surface area contributed by atoms with Gasteiger partial charge in [0.1, 0.15) is 12.1 Å². The van der Waals surface area contributed by atoms with Crippen LogP contribution in [0.15, 0.2) is 18.2 Å². The van der Waals surface area contributed by atoms with Crippen molar-refractivity contribution in [2.24, 2.45) is 0 Å². The number of rotatable bonds is 4. The van der Waals surface area contributed by atoms with Gasteiger partial charge in [0, 0.05) is 26.2 Å². The van der Waals surface area contributed by atoms with Crippen LogP contribution in [-0.4, -0.2) is 84.8 Å². The Bertz CT molecular complexity index is 928. The third-order valence-electron chi connectivity index (χ3n) is 5.68. The summed E-state index contributed by atoms with van der Waals surface area (Å²) in [6, 6.07) is 4.38. The maximum Gasteiger partial charge on any atom is 0.409 e. The fourth-order valence-electron chi connectivity index (χ4n) is 3.83. The summed E-state index contributed by atoms with van der Waals surface area (Å²) in [6.45, 7) is 4.61. The van der Waals surface area contributed by atoms with E-state index in [9.17, 15) is 19.2 Å². The maximum absolute atomic E-state index is 13.1. The van der Waals surface area contributed by atoms with Crippen LogP contribution in [0.4, 0.5) is 9.59 Å². The Morgan fingerprint density at radius 3 is 2.48 bits per heavy atom. The monoisotopic (exact) mass is 432 g/mol. The van der Waals surface area contributed by atoms with Crippen LogP contribution in [0.25, 0.3) is 0 Å². The van der Waals surface area contributed by atoms with Gasteiger partial charge in [-0.25, -0.2) is 9.59 Å². The number of benzene rings is 1. The molecule has 3 heterocycles. The molecule has 1 N–H and O–H groups in total. The van der Waals surface area contributed by atoms with E-state index in [0.717, 1.165) is 4.90 Å². The standard InChI is InChI=1S/C20H24N4O7/c1-3-29-19(28)23-8-6-22(7-9-23)16(25)11-24-17(26)20(2,21-18(24)27)13-4-5-14-15(10-13)31-12-30-14/h4-5,10H,3,6-9,11-12H2,1-2H3,(H,21,27). The number of nitrogens with zero attached hydrogens (tertiary/aromatic N) is 3. The van der Waals surface area contributed by atoms with E-state index in [-0.39, 0.29) is 25.9 Å². The molecule has 166 valence electrons. The summed E-state index contributed by atoms with van der Waals surface area (Å²) in [6.07, 6.45) is -0.414. The molecule has 11 nitrogen and oxygen atoms in total. The van der Waals surface area contributed by atoms with Crippen LogP contribution < -0.4 is 14.8 Å². The molecule has 0 aliphatic carbocycles. The molecule has 5 amide bonds. The van der Waals surface area contributed by atoms with Gasteiger partial charge in [0.2, 0.25) is 12.7 Å². The van der Waals surface area contributed by atoms with Crippen LogP contribution in [0.5, 0.6) is 11.5 Å². The highest BCUT2D eigenvalue weighted by molar-refractivity contribution is 6.09. The van der Waals surface area contributed by atoms with E-state index in [4.69, 9.17) is 14.2 Å². The van der Waals surface area contributed by atoms with Gasteiger partial charge in [-0.1, -0.05) is 6.07 Å². The largest absolute Gasteiger partial charge is 0.454 e. The Hall–Kier alpha value is -3.50. The highest BCUT2D eigenvalue weighted by Crippen LogP contribution is 2.37. The van der Waals surface area contributed by atoms with Crippen LogP contribution >= 0.6 is 0 Å². The molecule has 4 rings (SSSR count). The molecule has 2 saturated heterocycles.